The van der Waals surface area contributed by atoms with Gasteiger partial charge in [-0.2, -0.15) is 0 Å². The summed E-state index contributed by atoms with van der Waals surface area (Å²) in [4.78, 5) is 51.9. The number of ketones is 1. The maximum absolute atomic E-state index is 12.9. The van der Waals surface area contributed by atoms with E-state index >= 15 is 0 Å². The molecule has 4 rings (SSSR count). The summed E-state index contributed by atoms with van der Waals surface area (Å²) in [6, 6.07) is 10.2. The molecule has 2 amide bonds. The van der Waals surface area contributed by atoms with Crippen molar-refractivity contribution in [3.63, 3.8) is 0 Å². The minimum absolute atomic E-state index is 0.167. The number of amides is 2. The summed E-state index contributed by atoms with van der Waals surface area (Å²) in [6.45, 7) is 7.55. The van der Waals surface area contributed by atoms with Gasteiger partial charge in [0.05, 0.1) is 11.7 Å². The SMILES string of the molecule is CC(=O)c1[nH]c([C@@H]2CCCCN2C(=O)OC(C)(C)C)nc1-c1ccc(C(=O)Nc2cc(I)ccn2)cc1. The average molecular weight is 615 g/mol. The van der Waals surface area contributed by atoms with Gasteiger partial charge >= 0.3 is 6.09 Å². The number of aromatic amines is 1. The van der Waals surface area contributed by atoms with E-state index in [0.717, 1.165) is 22.8 Å². The zero-order valence-corrected chi connectivity index (χ0v) is 23.5. The number of rotatable bonds is 5. The van der Waals surface area contributed by atoms with E-state index < -0.39 is 11.7 Å². The molecule has 1 fully saturated rings. The molecule has 1 atom stereocenters. The highest BCUT2D eigenvalue weighted by Crippen LogP contribution is 2.33. The van der Waals surface area contributed by atoms with Gasteiger partial charge in [0.2, 0.25) is 0 Å². The zero-order valence-electron chi connectivity index (χ0n) is 21.3. The number of carbonyl (C=O) groups excluding carboxylic acids is 3. The number of pyridine rings is 1. The first-order valence-electron chi connectivity index (χ1n) is 12.2. The molecular weight excluding hydrogens is 585 g/mol. The molecule has 0 bridgehead atoms. The van der Waals surface area contributed by atoms with Crippen molar-refractivity contribution < 1.29 is 19.1 Å². The van der Waals surface area contributed by atoms with Gasteiger partial charge in [0, 0.05) is 34.4 Å². The number of anilines is 1. The van der Waals surface area contributed by atoms with Crippen molar-refractivity contribution in [2.45, 2.75) is 58.6 Å². The Morgan fingerprint density at radius 3 is 2.51 bits per heavy atom. The Bertz CT molecular complexity index is 1310. The molecule has 0 spiro atoms. The van der Waals surface area contributed by atoms with Gasteiger partial charge in [-0.15, -0.1) is 0 Å². The molecule has 1 aliphatic rings. The lowest BCUT2D eigenvalue weighted by atomic mass is 10.0. The molecule has 0 radical (unpaired) electrons. The highest BCUT2D eigenvalue weighted by molar-refractivity contribution is 14.1. The van der Waals surface area contributed by atoms with Crippen LogP contribution in [0.3, 0.4) is 0 Å². The molecule has 0 aliphatic carbocycles. The fourth-order valence-electron chi connectivity index (χ4n) is 4.21. The molecule has 10 heteroatoms. The lowest BCUT2D eigenvalue weighted by Crippen LogP contribution is -2.42. The van der Waals surface area contributed by atoms with Crippen molar-refractivity contribution in [3.8, 4) is 11.3 Å². The fourth-order valence-corrected chi connectivity index (χ4v) is 4.66. The Labute approximate surface area is 229 Å². The van der Waals surface area contributed by atoms with Crippen molar-refractivity contribution in [2.24, 2.45) is 0 Å². The maximum Gasteiger partial charge on any atom is 0.410 e. The molecule has 2 N–H and O–H groups in total. The second kappa shape index (κ2) is 11.0. The number of hydrogen-bond donors (Lipinski definition) is 2. The number of H-pyrrole nitrogens is 1. The Morgan fingerprint density at radius 1 is 1.14 bits per heavy atom. The summed E-state index contributed by atoms with van der Waals surface area (Å²) in [5.41, 5.74) is 1.39. The van der Waals surface area contributed by atoms with Gasteiger partial charge in [0.25, 0.3) is 5.91 Å². The molecule has 2 aromatic heterocycles. The van der Waals surface area contributed by atoms with Crippen LogP contribution in [-0.2, 0) is 4.74 Å². The van der Waals surface area contributed by atoms with Crippen molar-refractivity contribution in [3.05, 3.63) is 63.2 Å². The van der Waals surface area contributed by atoms with Crippen molar-refractivity contribution >= 4 is 46.2 Å². The molecule has 0 unspecified atom stereocenters. The van der Waals surface area contributed by atoms with E-state index in [1.165, 1.54) is 6.92 Å². The van der Waals surface area contributed by atoms with Gasteiger partial charge in [-0.1, -0.05) is 12.1 Å². The molecule has 1 aromatic carbocycles. The van der Waals surface area contributed by atoms with Gasteiger partial charge in [-0.3, -0.25) is 14.5 Å². The summed E-state index contributed by atoms with van der Waals surface area (Å²) in [7, 11) is 0. The van der Waals surface area contributed by atoms with Crippen LogP contribution in [-0.4, -0.2) is 49.8 Å². The first-order chi connectivity index (χ1) is 17.5. The standard InChI is InChI=1S/C27H30IN5O4/c1-16(34)22-23(17-8-10-18(11-9-17)25(35)30-21-15-19(28)12-13-29-21)32-24(31-22)20-7-5-6-14-33(20)26(36)37-27(2,3)4/h8-13,15,20H,5-7,14H2,1-4H3,(H,31,32)(H,29,30,35)/t20-/m0/s1. The van der Waals surface area contributed by atoms with Crippen LogP contribution in [0.15, 0.2) is 42.6 Å². The van der Waals surface area contributed by atoms with Crippen molar-refractivity contribution in [2.75, 3.05) is 11.9 Å². The number of piperidine rings is 1. The number of nitrogens with zero attached hydrogens (tertiary/aromatic N) is 3. The lowest BCUT2D eigenvalue weighted by molar-refractivity contribution is 0.00853. The van der Waals surface area contributed by atoms with Gasteiger partial charge in [-0.25, -0.2) is 14.8 Å². The van der Waals surface area contributed by atoms with Crippen LogP contribution in [0.4, 0.5) is 10.6 Å². The maximum atomic E-state index is 12.9. The molecule has 1 saturated heterocycles. The minimum Gasteiger partial charge on any atom is -0.444 e. The summed E-state index contributed by atoms with van der Waals surface area (Å²) < 4.78 is 6.58. The van der Waals surface area contributed by atoms with Gasteiger partial charge in [0.15, 0.2) is 5.78 Å². The monoisotopic (exact) mass is 615 g/mol. The highest BCUT2D eigenvalue weighted by Gasteiger charge is 2.34. The Balaban J connectivity index is 1.59. The summed E-state index contributed by atoms with van der Waals surface area (Å²) >= 11 is 2.16. The van der Waals surface area contributed by atoms with Crippen molar-refractivity contribution in [1.82, 2.24) is 19.9 Å². The Kier molecular flexibility index (Phi) is 7.96. The molecule has 194 valence electrons. The number of aromatic nitrogens is 3. The van der Waals surface area contributed by atoms with E-state index in [9.17, 15) is 14.4 Å². The van der Waals surface area contributed by atoms with Crippen LogP contribution in [0.1, 0.15) is 79.7 Å². The zero-order chi connectivity index (χ0) is 26.7. The van der Waals surface area contributed by atoms with Crippen molar-refractivity contribution in [1.29, 1.82) is 0 Å². The number of carbonyl (C=O) groups is 3. The number of ether oxygens (including phenoxy) is 1. The van der Waals surface area contributed by atoms with E-state index in [2.05, 4.69) is 37.9 Å². The largest absolute Gasteiger partial charge is 0.444 e. The number of Topliss-reactive ketones (excluding diaryl/α,β-unsaturated/α-hetero) is 1. The lowest BCUT2D eigenvalue weighted by Gasteiger charge is -2.35. The third kappa shape index (κ3) is 6.54. The van der Waals surface area contributed by atoms with E-state index in [-0.39, 0.29) is 17.7 Å². The van der Waals surface area contributed by atoms with E-state index in [0.29, 0.717) is 40.7 Å². The summed E-state index contributed by atoms with van der Waals surface area (Å²) in [5.74, 6) is 0.571. The van der Waals surface area contributed by atoms with E-state index in [4.69, 9.17) is 9.72 Å². The van der Waals surface area contributed by atoms with Gasteiger partial charge in [0.1, 0.15) is 22.9 Å². The summed E-state index contributed by atoms with van der Waals surface area (Å²) in [5, 5.41) is 2.79. The molecule has 1 aliphatic heterocycles. The van der Waals surface area contributed by atoms with Crippen LogP contribution >= 0.6 is 22.6 Å². The number of likely N-dealkylation sites (tertiary alicyclic amines) is 1. The van der Waals surface area contributed by atoms with E-state index in [1.807, 2.05) is 26.8 Å². The quantitative estimate of drug-likeness (QED) is 0.269. The fraction of sp³-hybridized carbons (Fsp3) is 0.370. The molecule has 3 aromatic rings. The molecule has 0 saturated carbocycles. The molecule has 3 heterocycles. The van der Waals surface area contributed by atoms with E-state index in [1.54, 1.807) is 41.4 Å². The minimum atomic E-state index is -0.610. The number of benzene rings is 1. The second-order valence-electron chi connectivity index (χ2n) is 9.98. The third-order valence-electron chi connectivity index (χ3n) is 5.90. The number of nitrogens with one attached hydrogen (secondary N) is 2. The van der Waals surface area contributed by atoms with Crippen LogP contribution < -0.4 is 5.32 Å². The Morgan fingerprint density at radius 2 is 1.86 bits per heavy atom. The average Bonchev–Trinajstić information content (AvgIpc) is 3.29. The normalized spacial score (nSPS) is 15.8. The number of imidazole rings is 1. The third-order valence-corrected chi connectivity index (χ3v) is 6.58. The molecular formula is C27H30IN5O4. The van der Waals surface area contributed by atoms with Crippen LogP contribution in [0.5, 0.6) is 0 Å². The second-order valence-corrected chi connectivity index (χ2v) is 11.2. The molecule has 9 nitrogen and oxygen atoms in total. The number of halogens is 1. The number of hydrogen-bond acceptors (Lipinski definition) is 6. The Hall–Kier alpha value is -3.28. The molecule has 37 heavy (non-hydrogen) atoms. The predicted octanol–water partition coefficient (Wildman–Crippen LogP) is 5.99. The highest BCUT2D eigenvalue weighted by atomic mass is 127. The first-order valence-corrected chi connectivity index (χ1v) is 13.2. The van der Waals surface area contributed by atoms with Gasteiger partial charge < -0.3 is 15.0 Å². The predicted molar refractivity (Wildman–Crippen MR) is 148 cm³/mol. The first kappa shape index (κ1) is 26.8. The topological polar surface area (TPSA) is 117 Å². The van der Waals surface area contributed by atoms with Crippen LogP contribution in [0.25, 0.3) is 11.3 Å². The van der Waals surface area contributed by atoms with Crippen LogP contribution in [0.2, 0.25) is 0 Å². The smallest absolute Gasteiger partial charge is 0.410 e. The van der Waals surface area contributed by atoms with Gasteiger partial charge in [-0.05, 0) is 86.9 Å². The summed E-state index contributed by atoms with van der Waals surface area (Å²) in [6.07, 6.45) is 3.78. The van der Waals surface area contributed by atoms with Crippen LogP contribution in [0, 0.1) is 3.57 Å².